The molecule has 264 valence electrons. The molecule has 53 heavy (non-hydrogen) atoms. The second kappa shape index (κ2) is 15.8. The van der Waals surface area contributed by atoms with Crippen LogP contribution < -0.4 is 14.8 Å². The van der Waals surface area contributed by atoms with Crippen molar-refractivity contribution in [2.24, 2.45) is 0 Å². The van der Waals surface area contributed by atoms with E-state index in [4.69, 9.17) is 9.47 Å². The lowest BCUT2D eigenvalue weighted by Crippen LogP contribution is -2.50. The molecule has 0 aliphatic carbocycles. The van der Waals surface area contributed by atoms with Gasteiger partial charge in [0.2, 0.25) is 0 Å². The van der Waals surface area contributed by atoms with Crippen molar-refractivity contribution in [1.82, 2.24) is 10.2 Å². The fourth-order valence-corrected chi connectivity index (χ4v) is 8.04. The minimum Gasteiger partial charge on any atom is -0.493 e. The number of thioether (sulfide) groups is 1. The molecule has 1 N–H and O–H groups in total. The maximum Gasteiger partial charge on any atom is 0.294 e. The second-order valence-electron chi connectivity index (χ2n) is 12.8. The van der Waals surface area contributed by atoms with Crippen molar-refractivity contribution in [1.29, 1.82) is 0 Å². The molecule has 2 atom stereocenters. The normalized spacial score (nSPS) is 15.0. The first-order valence-corrected chi connectivity index (χ1v) is 18.3. The summed E-state index contributed by atoms with van der Waals surface area (Å²) in [5.74, 6) is 0.926. The molecule has 0 bridgehead atoms. The van der Waals surface area contributed by atoms with Gasteiger partial charge in [0.1, 0.15) is 5.54 Å². The Balaban J connectivity index is 1.30. The van der Waals surface area contributed by atoms with E-state index in [-0.39, 0.29) is 23.2 Å². The zero-order chi connectivity index (χ0) is 36.8. The molecule has 1 aliphatic heterocycles. The number of methoxy groups -OCH3 is 2. The SMILES string of the molecule is COc1ccc(C(N[C@H](C)c2ccccc2)c2cccc(/C=C3/SC(=O)N(C(c4ccccc4)(c4ccccc4)c4ccccc4)C3=O)c2)cc1OC. The molecule has 1 heterocycles. The van der Waals surface area contributed by atoms with Gasteiger partial charge in [-0.2, -0.15) is 0 Å². The van der Waals surface area contributed by atoms with Gasteiger partial charge in [0, 0.05) is 6.04 Å². The monoisotopic (exact) mass is 716 g/mol. The Morgan fingerprint density at radius 1 is 0.604 bits per heavy atom. The maximum absolute atomic E-state index is 14.7. The van der Waals surface area contributed by atoms with E-state index in [2.05, 4.69) is 36.5 Å². The van der Waals surface area contributed by atoms with Gasteiger partial charge in [-0.25, -0.2) is 4.90 Å². The quantitative estimate of drug-likeness (QED) is 0.100. The number of imide groups is 1. The van der Waals surface area contributed by atoms with Crippen molar-refractivity contribution in [3.05, 3.63) is 208 Å². The molecule has 2 amide bonds. The smallest absolute Gasteiger partial charge is 0.294 e. The average Bonchev–Trinajstić information content (AvgIpc) is 3.50. The van der Waals surface area contributed by atoms with Gasteiger partial charge in [-0.1, -0.05) is 146 Å². The third-order valence-electron chi connectivity index (χ3n) is 9.70. The van der Waals surface area contributed by atoms with Crippen molar-refractivity contribution in [2.75, 3.05) is 14.2 Å². The second-order valence-corrected chi connectivity index (χ2v) is 13.8. The summed E-state index contributed by atoms with van der Waals surface area (Å²) in [7, 11) is 3.26. The molecule has 6 nitrogen and oxygen atoms in total. The van der Waals surface area contributed by atoms with Crippen molar-refractivity contribution < 1.29 is 19.1 Å². The molecule has 0 radical (unpaired) electrons. The number of rotatable bonds is 12. The summed E-state index contributed by atoms with van der Waals surface area (Å²) < 4.78 is 11.2. The van der Waals surface area contributed by atoms with Gasteiger partial charge in [0.25, 0.3) is 11.1 Å². The molecule has 7 rings (SSSR count). The number of nitrogens with one attached hydrogen (secondary N) is 1. The highest BCUT2D eigenvalue weighted by Crippen LogP contribution is 2.49. The van der Waals surface area contributed by atoms with E-state index in [0.717, 1.165) is 50.7 Å². The topological polar surface area (TPSA) is 67.9 Å². The molecule has 1 aliphatic rings. The van der Waals surface area contributed by atoms with E-state index in [1.54, 1.807) is 14.2 Å². The van der Waals surface area contributed by atoms with Gasteiger partial charge >= 0.3 is 0 Å². The van der Waals surface area contributed by atoms with Crippen molar-refractivity contribution in [3.63, 3.8) is 0 Å². The lowest BCUT2D eigenvalue weighted by atomic mass is 9.75. The summed E-state index contributed by atoms with van der Waals surface area (Å²) in [6.45, 7) is 2.14. The molecule has 1 fully saturated rings. The highest BCUT2D eigenvalue weighted by molar-refractivity contribution is 8.18. The standard InChI is InChI=1S/C46H40N2O4S/c1-32(34-18-8-4-9-19-34)47-43(36-27-28-40(51-2)41(31-36)52-3)35-20-16-17-33(29-35)30-42-44(49)48(45(50)53-42)46(37-21-10-5-11-22-37,38-23-12-6-13-24-38)39-25-14-7-15-26-39/h4-32,43,47H,1-3H3/b42-30+/t32-,43?/m1/s1. The number of hydrogen-bond donors (Lipinski definition) is 1. The fourth-order valence-electron chi connectivity index (χ4n) is 7.17. The zero-order valence-electron chi connectivity index (χ0n) is 29.8. The minimum absolute atomic E-state index is 0.0107. The largest absolute Gasteiger partial charge is 0.493 e. The van der Waals surface area contributed by atoms with Crippen LogP contribution in [0.15, 0.2) is 169 Å². The summed E-state index contributed by atoms with van der Waals surface area (Å²) in [6, 6.07) is 53.4. The van der Waals surface area contributed by atoms with Gasteiger partial charge in [0.15, 0.2) is 11.5 Å². The van der Waals surface area contributed by atoms with E-state index in [0.29, 0.717) is 16.4 Å². The fraction of sp³-hybridized carbons (Fsp3) is 0.130. The Hall–Kier alpha value is -5.89. The van der Waals surface area contributed by atoms with E-state index >= 15 is 0 Å². The third-order valence-corrected chi connectivity index (χ3v) is 10.6. The summed E-state index contributed by atoms with van der Waals surface area (Å²) >= 11 is 0.968. The summed E-state index contributed by atoms with van der Waals surface area (Å²) in [5, 5.41) is 3.48. The molecule has 0 aromatic heterocycles. The number of nitrogens with zero attached hydrogens (tertiary/aromatic N) is 1. The number of carbonyl (C=O) groups excluding carboxylic acids is 2. The third kappa shape index (κ3) is 7.01. The molecular weight excluding hydrogens is 677 g/mol. The van der Waals surface area contributed by atoms with Gasteiger partial charge in [0.05, 0.1) is 25.2 Å². The van der Waals surface area contributed by atoms with Crippen molar-refractivity contribution in [3.8, 4) is 11.5 Å². The van der Waals surface area contributed by atoms with Crippen molar-refractivity contribution in [2.45, 2.75) is 24.5 Å². The molecule has 6 aromatic carbocycles. The summed E-state index contributed by atoms with van der Waals surface area (Å²) in [5.41, 5.74) is 5.19. The highest BCUT2D eigenvalue weighted by Gasteiger charge is 2.52. The number of amides is 2. The first kappa shape index (κ1) is 35.5. The Morgan fingerprint density at radius 3 is 1.66 bits per heavy atom. The molecule has 1 saturated heterocycles. The Labute approximate surface area is 315 Å². The zero-order valence-corrected chi connectivity index (χ0v) is 30.6. The number of ether oxygens (including phenoxy) is 2. The van der Waals surface area contributed by atoms with E-state index < -0.39 is 5.54 Å². The number of hydrogen-bond acceptors (Lipinski definition) is 6. The van der Waals surface area contributed by atoms with Crippen LogP contribution in [0.2, 0.25) is 0 Å². The van der Waals surface area contributed by atoms with Crippen LogP contribution in [0.5, 0.6) is 11.5 Å². The predicted octanol–water partition coefficient (Wildman–Crippen LogP) is 10.2. The Morgan fingerprint density at radius 2 is 1.11 bits per heavy atom. The van der Waals surface area contributed by atoms with Crippen LogP contribution in [-0.4, -0.2) is 30.3 Å². The molecule has 1 unspecified atom stereocenters. The predicted molar refractivity (Wildman–Crippen MR) is 213 cm³/mol. The maximum atomic E-state index is 14.7. The van der Waals surface area contributed by atoms with Crippen LogP contribution in [0.25, 0.3) is 6.08 Å². The average molecular weight is 717 g/mol. The first-order valence-electron chi connectivity index (χ1n) is 17.5. The van der Waals surface area contributed by atoms with Crippen LogP contribution in [-0.2, 0) is 10.3 Å². The first-order chi connectivity index (χ1) is 25.9. The molecule has 7 heteroatoms. The summed E-state index contributed by atoms with van der Waals surface area (Å²) in [4.78, 5) is 30.8. The van der Waals surface area contributed by atoms with Gasteiger partial charge in [-0.15, -0.1) is 0 Å². The lowest BCUT2D eigenvalue weighted by molar-refractivity contribution is -0.125. The van der Waals surface area contributed by atoms with Crippen LogP contribution in [0.1, 0.15) is 58.0 Å². The van der Waals surface area contributed by atoms with Crippen molar-refractivity contribution >= 4 is 29.0 Å². The number of benzene rings is 6. The van der Waals surface area contributed by atoms with Crippen LogP contribution >= 0.6 is 11.8 Å². The molecular formula is C46H40N2O4S. The van der Waals surface area contributed by atoms with E-state index in [9.17, 15) is 9.59 Å². The Bertz CT molecular complexity index is 2130. The summed E-state index contributed by atoms with van der Waals surface area (Å²) in [6.07, 6.45) is 1.83. The van der Waals surface area contributed by atoms with Gasteiger partial charge in [-0.05, 0) is 81.9 Å². The van der Waals surface area contributed by atoms with Gasteiger partial charge < -0.3 is 9.47 Å². The van der Waals surface area contributed by atoms with E-state index in [1.807, 2.05) is 146 Å². The number of carbonyl (C=O) groups is 2. The van der Waals surface area contributed by atoms with Crippen LogP contribution in [0.3, 0.4) is 0 Å². The molecule has 0 spiro atoms. The van der Waals surface area contributed by atoms with Crippen LogP contribution in [0.4, 0.5) is 4.79 Å². The highest BCUT2D eigenvalue weighted by atomic mass is 32.2. The van der Waals surface area contributed by atoms with Gasteiger partial charge in [-0.3, -0.25) is 14.9 Å². The van der Waals surface area contributed by atoms with Crippen LogP contribution in [0, 0.1) is 0 Å². The minimum atomic E-state index is -1.20. The lowest BCUT2D eigenvalue weighted by Gasteiger charge is -2.41. The van der Waals surface area contributed by atoms with E-state index in [1.165, 1.54) is 4.90 Å². The molecule has 0 saturated carbocycles. The molecule has 6 aromatic rings. The Kier molecular flexibility index (Phi) is 10.6.